The van der Waals surface area contributed by atoms with Crippen LogP contribution in [0, 0.1) is 0 Å². The Morgan fingerprint density at radius 1 is 1.23 bits per heavy atom. The summed E-state index contributed by atoms with van der Waals surface area (Å²) in [7, 11) is -1.72. The van der Waals surface area contributed by atoms with Crippen molar-refractivity contribution < 1.29 is 13.2 Å². The molecule has 1 atom stereocenters. The molecule has 1 aromatic carbocycles. The minimum absolute atomic E-state index is 0.00211. The molecule has 1 aromatic rings. The van der Waals surface area contributed by atoms with Crippen molar-refractivity contribution in [1.82, 2.24) is 10.6 Å². The minimum Gasteiger partial charge on any atom is -0.383 e. The van der Waals surface area contributed by atoms with Crippen LogP contribution in [0.2, 0.25) is 0 Å². The Balaban J connectivity index is 2.76. The molecule has 148 valence electrons. The number of benzene rings is 1. The van der Waals surface area contributed by atoms with Crippen molar-refractivity contribution >= 4 is 15.8 Å². The van der Waals surface area contributed by atoms with Crippen LogP contribution in [0.3, 0.4) is 0 Å². The van der Waals surface area contributed by atoms with Crippen LogP contribution in [0.15, 0.2) is 34.2 Å². The maximum atomic E-state index is 12.5. The van der Waals surface area contributed by atoms with Gasteiger partial charge in [0.25, 0.3) is 0 Å². The predicted octanol–water partition coefficient (Wildman–Crippen LogP) is 2.35. The van der Waals surface area contributed by atoms with Gasteiger partial charge in [-0.15, -0.1) is 0 Å². The molecule has 0 radical (unpaired) electrons. The van der Waals surface area contributed by atoms with Crippen molar-refractivity contribution in [3.05, 3.63) is 29.8 Å². The number of rotatable bonds is 8. The maximum Gasteiger partial charge on any atom is 0.191 e. The number of sulfone groups is 1. The summed E-state index contributed by atoms with van der Waals surface area (Å²) in [6.07, 6.45) is 0. The van der Waals surface area contributed by atoms with E-state index in [2.05, 4.69) is 36.4 Å². The second-order valence-corrected chi connectivity index (χ2v) is 9.46. The molecular weight excluding hydrogens is 350 g/mol. The molecule has 0 amide bonds. The van der Waals surface area contributed by atoms with E-state index < -0.39 is 9.84 Å². The van der Waals surface area contributed by atoms with Crippen molar-refractivity contribution in [1.29, 1.82) is 0 Å². The molecule has 0 aliphatic rings. The van der Waals surface area contributed by atoms with Crippen molar-refractivity contribution in [2.45, 2.75) is 51.0 Å². The van der Waals surface area contributed by atoms with Crippen LogP contribution in [0.25, 0.3) is 0 Å². The zero-order valence-corrected chi connectivity index (χ0v) is 17.6. The number of hydrogen-bond acceptors (Lipinski definition) is 4. The SMILES string of the molecule is CCNC(=NCCS(=O)(=O)c1ccc(C(C)(C)C)cc1)NC(C)COC. The monoisotopic (exact) mass is 383 g/mol. The Morgan fingerprint density at radius 2 is 1.85 bits per heavy atom. The number of nitrogens with one attached hydrogen (secondary N) is 2. The molecule has 0 aliphatic carbocycles. The zero-order valence-electron chi connectivity index (χ0n) is 16.8. The van der Waals surface area contributed by atoms with Gasteiger partial charge in [0, 0.05) is 19.7 Å². The molecule has 0 aliphatic heterocycles. The molecule has 0 fully saturated rings. The van der Waals surface area contributed by atoms with Gasteiger partial charge in [-0.3, -0.25) is 4.99 Å². The number of ether oxygens (including phenoxy) is 1. The van der Waals surface area contributed by atoms with E-state index in [1.807, 2.05) is 26.0 Å². The van der Waals surface area contributed by atoms with Crippen LogP contribution < -0.4 is 10.6 Å². The molecule has 0 saturated carbocycles. The highest BCUT2D eigenvalue weighted by molar-refractivity contribution is 7.91. The fourth-order valence-corrected chi connectivity index (χ4v) is 3.52. The van der Waals surface area contributed by atoms with Crippen LogP contribution in [0.4, 0.5) is 0 Å². The minimum atomic E-state index is -3.36. The first kappa shape index (κ1) is 22.4. The lowest BCUT2D eigenvalue weighted by molar-refractivity contribution is 0.179. The van der Waals surface area contributed by atoms with Gasteiger partial charge in [0.15, 0.2) is 15.8 Å². The topological polar surface area (TPSA) is 79.8 Å². The summed E-state index contributed by atoms with van der Waals surface area (Å²) in [6, 6.07) is 7.22. The van der Waals surface area contributed by atoms with Crippen LogP contribution in [0.1, 0.15) is 40.2 Å². The smallest absolute Gasteiger partial charge is 0.191 e. The Bertz CT molecular complexity index is 677. The van der Waals surface area contributed by atoms with Gasteiger partial charge in [-0.25, -0.2) is 8.42 Å². The standard InChI is InChI=1S/C19H33N3O3S/c1-7-20-18(22-15(2)14-25-6)21-12-13-26(23,24)17-10-8-16(9-11-17)19(3,4)5/h8-11,15H,7,12-14H2,1-6H3,(H2,20,21,22). The average molecular weight is 384 g/mol. The van der Waals surface area contributed by atoms with Crippen LogP contribution in [0.5, 0.6) is 0 Å². The van der Waals surface area contributed by atoms with Crippen molar-refractivity contribution in [2.24, 2.45) is 4.99 Å². The molecule has 0 bridgehead atoms. The van der Waals surface area contributed by atoms with Gasteiger partial charge in [-0.05, 0) is 37.0 Å². The Kier molecular flexibility index (Phi) is 8.56. The van der Waals surface area contributed by atoms with Gasteiger partial charge in [0.2, 0.25) is 0 Å². The van der Waals surface area contributed by atoms with E-state index in [9.17, 15) is 8.42 Å². The average Bonchev–Trinajstić information content (AvgIpc) is 2.54. The largest absolute Gasteiger partial charge is 0.383 e. The van der Waals surface area contributed by atoms with E-state index in [4.69, 9.17) is 4.74 Å². The molecule has 0 saturated heterocycles. The van der Waals surface area contributed by atoms with Crippen LogP contribution >= 0.6 is 0 Å². The molecular formula is C19H33N3O3S. The lowest BCUT2D eigenvalue weighted by atomic mass is 9.87. The number of hydrogen-bond donors (Lipinski definition) is 2. The second kappa shape index (κ2) is 9.92. The highest BCUT2D eigenvalue weighted by atomic mass is 32.2. The molecule has 0 heterocycles. The van der Waals surface area contributed by atoms with Gasteiger partial charge in [0.05, 0.1) is 23.8 Å². The molecule has 0 spiro atoms. The fourth-order valence-electron chi connectivity index (χ4n) is 2.40. The fraction of sp³-hybridized carbons (Fsp3) is 0.632. The van der Waals surface area contributed by atoms with E-state index in [0.29, 0.717) is 24.0 Å². The van der Waals surface area contributed by atoms with Crippen molar-refractivity contribution in [3.8, 4) is 0 Å². The van der Waals surface area contributed by atoms with Gasteiger partial charge in [-0.2, -0.15) is 0 Å². The highest BCUT2D eigenvalue weighted by Gasteiger charge is 2.17. The van der Waals surface area contributed by atoms with Gasteiger partial charge in [-0.1, -0.05) is 32.9 Å². The van der Waals surface area contributed by atoms with E-state index in [1.165, 1.54) is 0 Å². The van der Waals surface area contributed by atoms with E-state index in [1.54, 1.807) is 19.2 Å². The van der Waals surface area contributed by atoms with Crippen LogP contribution in [-0.2, 0) is 20.0 Å². The summed E-state index contributed by atoms with van der Waals surface area (Å²) >= 11 is 0. The molecule has 7 heteroatoms. The third kappa shape index (κ3) is 7.33. The second-order valence-electron chi connectivity index (χ2n) is 7.35. The highest BCUT2D eigenvalue weighted by Crippen LogP contribution is 2.23. The van der Waals surface area contributed by atoms with Gasteiger partial charge in [0.1, 0.15) is 0 Å². The predicted molar refractivity (Wildman–Crippen MR) is 108 cm³/mol. The van der Waals surface area contributed by atoms with Crippen LogP contribution in [-0.4, -0.2) is 53.0 Å². The third-order valence-electron chi connectivity index (χ3n) is 3.85. The number of guanidine groups is 1. The Hall–Kier alpha value is -1.60. The van der Waals surface area contributed by atoms with Gasteiger partial charge >= 0.3 is 0 Å². The quantitative estimate of drug-likeness (QED) is 0.532. The molecule has 1 unspecified atom stereocenters. The number of aliphatic imine (C=N–C) groups is 1. The molecule has 2 N–H and O–H groups in total. The Labute approximate surface area is 158 Å². The summed E-state index contributed by atoms with van der Waals surface area (Å²) in [5, 5.41) is 6.30. The summed E-state index contributed by atoms with van der Waals surface area (Å²) in [6.45, 7) is 11.7. The molecule has 6 nitrogen and oxygen atoms in total. The zero-order chi connectivity index (χ0) is 19.8. The van der Waals surface area contributed by atoms with Gasteiger partial charge < -0.3 is 15.4 Å². The first-order chi connectivity index (χ1) is 12.1. The summed E-state index contributed by atoms with van der Waals surface area (Å²) in [4.78, 5) is 4.70. The summed E-state index contributed by atoms with van der Waals surface area (Å²) in [5.41, 5.74) is 1.11. The van der Waals surface area contributed by atoms with Crippen molar-refractivity contribution in [2.75, 3.05) is 32.6 Å². The third-order valence-corrected chi connectivity index (χ3v) is 5.56. The molecule has 0 aromatic heterocycles. The number of methoxy groups -OCH3 is 1. The van der Waals surface area contributed by atoms with E-state index in [0.717, 1.165) is 5.56 Å². The summed E-state index contributed by atoms with van der Waals surface area (Å²) in [5.74, 6) is 0.562. The normalized spacial score (nSPS) is 14.2. The lowest BCUT2D eigenvalue weighted by Gasteiger charge is -2.19. The summed E-state index contributed by atoms with van der Waals surface area (Å²) < 4.78 is 30.1. The van der Waals surface area contributed by atoms with E-state index in [-0.39, 0.29) is 23.8 Å². The molecule has 1 rings (SSSR count). The lowest BCUT2D eigenvalue weighted by Crippen LogP contribution is -2.44. The first-order valence-corrected chi connectivity index (χ1v) is 10.6. The van der Waals surface area contributed by atoms with E-state index >= 15 is 0 Å². The maximum absolute atomic E-state index is 12.5. The van der Waals surface area contributed by atoms with Crippen molar-refractivity contribution in [3.63, 3.8) is 0 Å². The molecule has 26 heavy (non-hydrogen) atoms. The Morgan fingerprint density at radius 3 is 2.35 bits per heavy atom. The first-order valence-electron chi connectivity index (χ1n) is 8.97. The number of nitrogens with zero attached hydrogens (tertiary/aromatic N) is 1.